The van der Waals surface area contributed by atoms with Crippen LogP contribution in [0.15, 0.2) is 46.1 Å². The molecule has 12 heteroatoms. The van der Waals surface area contributed by atoms with Gasteiger partial charge in [-0.15, -0.1) is 11.3 Å². The first-order valence-corrected chi connectivity index (χ1v) is 14.5. The van der Waals surface area contributed by atoms with Crippen LogP contribution in [0.25, 0.3) is 10.8 Å². The van der Waals surface area contributed by atoms with Gasteiger partial charge < -0.3 is 33.6 Å². The largest absolute Gasteiger partial charge is 0.496 e. The Morgan fingerprint density at radius 2 is 2.05 bits per heavy atom. The van der Waals surface area contributed by atoms with Gasteiger partial charge in [0.1, 0.15) is 29.7 Å². The number of para-hydroxylation sites is 1. The number of carboxylic acids is 1. The zero-order valence-electron chi connectivity index (χ0n) is 22.9. The molecule has 2 unspecified atom stereocenters. The number of fused-ring (bicyclic) bond motifs is 1. The summed E-state index contributed by atoms with van der Waals surface area (Å²) in [6.45, 7) is 3.22. The van der Waals surface area contributed by atoms with Gasteiger partial charge in [0.25, 0.3) is 6.02 Å². The Balaban J connectivity index is 1.35. The Labute approximate surface area is 241 Å². The number of hydrogen-bond acceptors (Lipinski definition) is 11. The first-order valence-electron chi connectivity index (χ1n) is 13.7. The molecule has 3 aliphatic rings. The lowest BCUT2D eigenvalue weighted by Gasteiger charge is -2.39. The van der Waals surface area contributed by atoms with Gasteiger partial charge in [-0.25, -0.2) is 4.98 Å². The summed E-state index contributed by atoms with van der Waals surface area (Å²) in [5.74, 6) is 0.162. The number of carbonyl (C=O) groups is 1. The average molecular weight is 584 g/mol. The number of carboxylic acid groups (broad SMARTS) is 1. The number of thiophene rings is 1. The van der Waals surface area contributed by atoms with E-state index in [0.717, 1.165) is 28.8 Å². The fourth-order valence-electron chi connectivity index (χ4n) is 5.63. The van der Waals surface area contributed by atoms with E-state index in [1.54, 1.807) is 18.2 Å². The molecule has 218 valence electrons. The molecule has 2 atom stereocenters. The normalized spacial score (nSPS) is 20.7. The maximum atomic E-state index is 11.9. The van der Waals surface area contributed by atoms with Gasteiger partial charge in [0.05, 0.1) is 36.2 Å². The highest BCUT2D eigenvalue weighted by atomic mass is 32.1. The zero-order chi connectivity index (χ0) is 28.6. The van der Waals surface area contributed by atoms with Crippen LogP contribution in [0.1, 0.15) is 61.1 Å². The molecule has 41 heavy (non-hydrogen) atoms. The van der Waals surface area contributed by atoms with E-state index in [-0.39, 0.29) is 25.2 Å². The summed E-state index contributed by atoms with van der Waals surface area (Å²) in [5, 5.41) is 22.1. The van der Waals surface area contributed by atoms with Gasteiger partial charge in [0, 0.05) is 24.3 Å². The lowest BCUT2D eigenvalue weighted by Crippen LogP contribution is -2.48. The minimum absolute atomic E-state index is 0.0195. The van der Waals surface area contributed by atoms with Crippen LogP contribution in [0.5, 0.6) is 5.75 Å². The van der Waals surface area contributed by atoms with Gasteiger partial charge in [-0.05, 0) is 44.2 Å². The van der Waals surface area contributed by atoms with E-state index in [2.05, 4.69) is 4.98 Å². The second-order valence-corrected chi connectivity index (χ2v) is 11.5. The van der Waals surface area contributed by atoms with E-state index in [9.17, 15) is 15.0 Å². The summed E-state index contributed by atoms with van der Waals surface area (Å²) in [6, 6.07) is 7.80. The van der Waals surface area contributed by atoms with Gasteiger partial charge in [0.15, 0.2) is 6.23 Å². The van der Waals surface area contributed by atoms with Crippen molar-refractivity contribution in [2.24, 2.45) is 4.99 Å². The molecule has 2 aliphatic heterocycles. The van der Waals surface area contributed by atoms with Gasteiger partial charge in [-0.2, -0.15) is 4.99 Å². The van der Waals surface area contributed by atoms with Crippen LogP contribution in [0, 0.1) is 6.92 Å². The first kappa shape index (κ1) is 27.7. The van der Waals surface area contributed by atoms with Crippen LogP contribution in [-0.4, -0.2) is 70.7 Å². The summed E-state index contributed by atoms with van der Waals surface area (Å²) >= 11 is 1.35. The van der Waals surface area contributed by atoms with Crippen LogP contribution in [0.2, 0.25) is 0 Å². The molecule has 2 fully saturated rings. The molecule has 0 amide bonds. The van der Waals surface area contributed by atoms with Crippen molar-refractivity contribution in [1.82, 2.24) is 9.88 Å². The van der Waals surface area contributed by atoms with Crippen molar-refractivity contribution in [3.8, 4) is 16.5 Å². The number of benzene rings is 1. The Morgan fingerprint density at radius 3 is 2.73 bits per heavy atom. The minimum atomic E-state index is -1.15. The van der Waals surface area contributed by atoms with E-state index >= 15 is 0 Å². The molecule has 1 aliphatic carbocycles. The van der Waals surface area contributed by atoms with Crippen LogP contribution in [0.4, 0.5) is 5.00 Å². The average Bonchev–Trinajstić information content (AvgIpc) is 3.36. The molecular weight excluding hydrogens is 550 g/mol. The maximum absolute atomic E-state index is 11.9. The summed E-state index contributed by atoms with van der Waals surface area (Å²) in [5.41, 5.74) is 1.41. The van der Waals surface area contributed by atoms with Crippen LogP contribution in [0.3, 0.4) is 0 Å². The zero-order valence-corrected chi connectivity index (χ0v) is 23.8. The van der Waals surface area contributed by atoms with Gasteiger partial charge >= 0.3 is 5.97 Å². The van der Waals surface area contributed by atoms with E-state index in [4.69, 9.17) is 28.4 Å². The maximum Gasteiger partial charge on any atom is 0.305 e. The van der Waals surface area contributed by atoms with Gasteiger partial charge in [-0.1, -0.05) is 18.2 Å². The number of aliphatic carboxylic acids is 1. The molecule has 2 aromatic heterocycles. The van der Waals surface area contributed by atoms with Gasteiger partial charge in [-0.3, -0.25) is 9.69 Å². The highest BCUT2D eigenvalue weighted by molar-refractivity contribution is 7.19. The van der Waals surface area contributed by atoms with Crippen LogP contribution >= 0.6 is 11.3 Å². The molecule has 4 heterocycles. The second-order valence-electron chi connectivity index (χ2n) is 10.5. The number of methoxy groups -OCH3 is 1. The van der Waals surface area contributed by atoms with E-state index in [1.807, 2.05) is 31.2 Å². The van der Waals surface area contributed by atoms with Crippen LogP contribution in [-0.2, 0) is 19.0 Å². The number of rotatable bonds is 10. The Kier molecular flexibility index (Phi) is 7.73. The molecule has 11 nitrogen and oxygen atoms in total. The van der Waals surface area contributed by atoms with Crippen molar-refractivity contribution in [2.75, 3.05) is 26.9 Å². The number of oxazole rings is 1. The lowest BCUT2D eigenvalue weighted by molar-refractivity contribution is -0.139. The Morgan fingerprint density at radius 1 is 1.27 bits per heavy atom. The number of amidine groups is 1. The molecule has 0 spiro atoms. The molecule has 2 N–H and O–H groups in total. The van der Waals surface area contributed by atoms with E-state index in [0.29, 0.717) is 48.3 Å². The van der Waals surface area contributed by atoms with Crippen LogP contribution < -0.4 is 4.74 Å². The summed E-state index contributed by atoms with van der Waals surface area (Å²) < 4.78 is 29.6. The van der Waals surface area contributed by atoms with Crippen molar-refractivity contribution in [1.29, 1.82) is 0 Å². The third-order valence-corrected chi connectivity index (χ3v) is 9.09. The number of aliphatic imine (C=N–C) groups is 1. The second kappa shape index (κ2) is 11.4. The van der Waals surface area contributed by atoms with Crippen molar-refractivity contribution in [3.05, 3.63) is 53.4 Å². The summed E-state index contributed by atoms with van der Waals surface area (Å²) in [6.07, 6.45) is 3.96. The molecule has 1 saturated carbocycles. The molecule has 6 rings (SSSR count). The molecule has 3 aromatic rings. The molecular formula is C29H33N3O8S. The standard InChI is InChI=1S/C29H33N3O8S/c1-17-23-26(41-24(17)25-30-11-14-38-25)31-28(32(27(23)35)29(9-10-29)15-22(33)34)39-16-21(40-18-7-12-37-13-8-18)19-5-3-4-6-20(19)36-2/h3-6,11,14,18,21,27,35H,7-10,12-13,15-16H2,1-2H3,(H,33,34). The highest BCUT2D eigenvalue weighted by Gasteiger charge is 2.56. The summed E-state index contributed by atoms with van der Waals surface area (Å²) in [4.78, 5) is 23.4. The number of ether oxygens (including phenoxy) is 4. The number of aromatic nitrogens is 1. The third kappa shape index (κ3) is 5.44. The van der Waals surface area contributed by atoms with Gasteiger partial charge in [0.2, 0.25) is 5.89 Å². The van der Waals surface area contributed by atoms with E-state index in [1.165, 1.54) is 17.6 Å². The Hall–Kier alpha value is -3.45. The number of aliphatic hydroxyl groups excluding tert-OH is 1. The van der Waals surface area contributed by atoms with Crippen molar-refractivity contribution < 1.29 is 38.4 Å². The fourth-order valence-corrected chi connectivity index (χ4v) is 6.77. The SMILES string of the molecule is COc1ccccc1C(COC1=Nc2sc(-c3ncco3)c(C)c2C(O)N1C1(CC(=O)O)CC1)OC1CCOCC1. The van der Waals surface area contributed by atoms with Crippen molar-refractivity contribution in [3.63, 3.8) is 0 Å². The quantitative estimate of drug-likeness (QED) is 0.336. The number of hydrogen-bond donors (Lipinski definition) is 2. The topological polar surface area (TPSA) is 136 Å². The van der Waals surface area contributed by atoms with Crippen molar-refractivity contribution in [2.45, 2.75) is 63.0 Å². The summed E-state index contributed by atoms with van der Waals surface area (Å²) in [7, 11) is 1.61. The molecule has 1 aromatic carbocycles. The Bertz CT molecular complexity index is 1410. The van der Waals surface area contributed by atoms with Crippen molar-refractivity contribution >= 4 is 28.3 Å². The number of nitrogens with zero attached hydrogens (tertiary/aromatic N) is 3. The number of aliphatic hydroxyl groups is 1. The third-order valence-electron chi connectivity index (χ3n) is 7.90. The highest BCUT2D eigenvalue weighted by Crippen LogP contribution is 2.54. The monoisotopic (exact) mass is 583 g/mol. The lowest BCUT2D eigenvalue weighted by atomic mass is 10.0. The molecule has 0 radical (unpaired) electrons. The minimum Gasteiger partial charge on any atom is -0.496 e. The molecule has 0 bridgehead atoms. The fraction of sp³-hybridized carbons (Fsp3) is 0.483. The van der Waals surface area contributed by atoms with E-state index < -0.39 is 23.8 Å². The predicted octanol–water partition coefficient (Wildman–Crippen LogP) is 4.97. The molecule has 1 saturated heterocycles. The first-order chi connectivity index (χ1) is 19.9. The predicted molar refractivity (Wildman–Crippen MR) is 149 cm³/mol. The smallest absolute Gasteiger partial charge is 0.305 e.